The molecule has 2 rings (SSSR count). The molecule has 2 aromatic rings. The van der Waals surface area contributed by atoms with E-state index in [1.807, 2.05) is 0 Å². The van der Waals surface area contributed by atoms with Gasteiger partial charge < -0.3 is 0 Å². The zero-order valence-corrected chi connectivity index (χ0v) is 11.7. The maximum Gasteiger partial charge on any atom is 0.294 e. The Morgan fingerprint density at radius 2 is 1.29 bits per heavy atom. The predicted octanol–water partition coefficient (Wildman–Crippen LogP) is 2.39. The van der Waals surface area contributed by atoms with E-state index in [1.54, 1.807) is 30.3 Å². The average molecular weight is 304 g/mol. The molecule has 2 aromatic carbocycles. The topological polar surface area (TPSA) is 88.5 Å². The van der Waals surface area contributed by atoms with E-state index in [0.717, 1.165) is 12.1 Å². The van der Waals surface area contributed by atoms with Gasteiger partial charge in [0.25, 0.3) is 10.1 Å². The normalized spacial score (nSPS) is 11.1. The maximum atomic E-state index is 12.0. The number of carbonyl (C=O) groups is 2. The molecular weight excluding hydrogens is 292 g/mol. The summed E-state index contributed by atoms with van der Waals surface area (Å²) in [5.74, 6) is -0.717. The van der Waals surface area contributed by atoms with Crippen molar-refractivity contribution >= 4 is 21.7 Å². The Morgan fingerprint density at radius 1 is 0.810 bits per heavy atom. The van der Waals surface area contributed by atoms with Crippen LogP contribution in [0.1, 0.15) is 27.1 Å². The second-order valence-electron chi connectivity index (χ2n) is 4.39. The molecule has 108 valence electrons. The molecule has 0 atom stereocenters. The highest BCUT2D eigenvalue weighted by atomic mass is 32.2. The minimum atomic E-state index is -4.29. The third-order valence-corrected chi connectivity index (χ3v) is 3.76. The van der Waals surface area contributed by atoms with E-state index in [0.29, 0.717) is 5.56 Å². The lowest BCUT2D eigenvalue weighted by Gasteiger charge is -2.02. The van der Waals surface area contributed by atoms with Crippen molar-refractivity contribution in [2.75, 3.05) is 0 Å². The van der Waals surface area contributed by atoms with Gasteiger partial charge in [0.2, 0.25) is 0 Å². The van der Waals surface area contributed by atoms with E-state index in [-0.39, 0.29) is 22.7 Å². The Bertz CT molecular complexity index is 761. The predicted molar refractivity (Wildman–Crippen MR) is 76.0 cm³/mol. The molecule has 0 amide bonds. The molecule has 0 saturated carbocycles. The molecule has 0 bridgehead atoms. The monoisotopic (exact) mass is 304 g/mol. The lowest BCUT2D eigenvalue weighted by atomic mass is 10.0. The highest BCUT2D eigenvalue weighted by Gasteiger charge is 2.15. The number of benzene rings is 2. The number of rotatable bonds is 5. The van der Waals surface area contributed by atoms with E-state index >= 15 is 0 Å². The van der Waals surface area contributed by atoms with E-state index in [9.17, 15) is 18.0 Å². The number of ketones is 2. The number of Topliss-reactive ketones (excluding diaryl/α,β-unsaturated/α-hetero) is 2. The number of hydrogen-bond donors (Lipinski definition) is 1. The first-order chi connectivity index (χ1) is 9.88. The van der Waals surface area contributed by atoms with Gasteiger partial charge in [-0.1, -0.05) is 42.5 Å². The minimum Gasteiger partial charge on any atom is -0.294 e. The smallest absolute Gasteiger partial charge is 0.294 e. The highest BCUT2D eigenvalue weighted by molar-refractivity contribution is 7.85. The van der Waals surface area contributed by atoms with Crippen molar-refractivity contribution in [2.24, 2.45) is 0 Å². The first-order valence-corrected chi connectivity index (χ1v) is 7.51. The molecule has 21 heavy (non-hydrogen) atoms. The Labute approximate surface area is 122 Å². The summed E-state index contributed by atoms with van der Waals surface area (Å²) in [4.78, 5) is 23.6. The second-order valence-corrected chi connectivity index (χ2v) is 5.81. The summed E-state index contributed by atoms with van der Waals surface area (Å²) >= 11 is 0. The van der Waals surface area contributed by atoms with Crippen LogP contribution in [-0.4, -0.2) is 24.5 Å². The molecule has 6 heteroatoms. The van der Waals surface area contributed by atoms with Gasteiger partial charge in [-0.3, -0.25) is 14.1 Å². The fraction of sp³-hybridized carbons (Fsp3) is 0.0667. The quantitative estimate of drug-likeness (QED) is 0.520. The molecule has 0 aliphatic rings. The molecule has 0 heterocycles. The Hall–Kier alpha value is -2.31. The van der Waals surface area contributed by atoms with Crippen LogP contribution in [0.4, 0.5) is 0 Å². The van der Waals surface area contributed by atoms with Gasteiger partial charge in [-0.2, -0.15) is 8.42 Å². The molecule has 0 radical (unpaired) electrons. The zero-order chi connectivity index (χ0) is 15.5. The van der Waals surface area contributed by atoms with Crippen molar-refractivity contribution in [3.05, 3.63) is 65.7 Å². The SMILES string of the molecule is O=C(CC(=O)c1ccc(S(=O)(=O)O)cc1)c1ccccc1. The van der Waals surface area contributed by atoms with E-state index in [1.165, 1.54) is 12.1 Å². The zero-order valence-electron chi connectivity index (χ0n) is 10.9. The van der Waals surface area contributed by atoms with Crippen molar-refractivity contribution in [1.29, 1.82) is 0 Å². The van der Waals surface area contributed by atoms with Crippen LogP contribution >= 0.6 is 0 Å². The van der Waals surface area contributed by atoms with Gasteiger partial charge in [0.1, 0.15) is 0 Å². The maximum absolute atomic E-state index is 12.0. The number of carbonyl (C=O) groups excluding carboxylic acids is 2. The summed E-state index contributed by atoms with van der Waals surface area (Å²) in [6.45, 7) is 0. The fourth-order valence-corrected chi connectivity index (χ4v) is 2.27. The van der Waals surface area contributed by atoms with Crippen molar-refractivity contribution in [3.63, 3.8) is 0 Å². The van der Waals surface area contributed by atoms with Crippen LogP contribution in [0.5, 0.6) is 0 Å². The standard InChI is InChI=1S/C15H12O5S/c16-14(11-4-2-1-3-5-11)10-15(17)12-6-8-13(9-7-12)21(18,19)20/h1-9H,10H2,(H,18,19,20). The van der Waals surface area contributed by atoms with Crippen LogP contribution in [0.15, 0.2) is 59.5 Å². The molecule has 0 aromatic heterocycles. The van der Waals surface area contributed by atoms with Crippen LogP contribution in [0.3, 0.4) is 0 Å². The third-order valence-electron chi connectivity index (χ3n) is 2.89. The molecule has 0 unspecified atom stereocenters. The molecule has 1 N–H and O–H groups in total. The highest BCUT2D eigenvalue weighted by Crippen LogP contribution is 2.13. The fourth-order valence-electron chi connectivity index (χ4n) is 1.79. The lowest BCUT2D eigenvalue weighted by Crippen LogP contribution is -2.09. The van der Waals surface area contributed by atoms with Gasteiger partial charge >= 0.3 is 0 Å². The lowest BCUT2D eigenvalue weighted by molar-refractivity contribution is 0.0894. The first kappa shape index (κ1) is 15.1. The van der Waals surface area contributed by atoms with Gasteiger partial charge in [-0.05, 0) is 12.1 Å². The molecule has 5 nitrogen and oxygen atoms in total. The summed E-state index contributed by atoms with van der Waals surface area (Å²) in [6, 6.07) is 13.2. The summed E-state index contributed by atoms with van der Waals surface area (Å²) in [5, 5.41) is 0. The minimum absolute atomic E-state index is 0.215. The van der Waals surface area contributed by atoms with Gasteiger partial charge in [0, 0.05) is 11.1 Å². The second kappa shape index (κ2) is 5.99. The van der Waals surface area contributed by atoms with E-state index < -0.39 is 15.9 Å². The van der Waals surface area contributed by atoms with Crippen LogP contribution in [-0.2, 0) is 10.1 Å². The molecule has 0 aliphatic heterocycles. The average Bonchev–Trinajstić information content (AvgIpc) is 2.47. The molecular formula is C15H12O5S. The van der Waals surface area contributed by atoms with Gasteiger partial charge in [0.05, 0.1) is 11.3 Å². The Kier molecular flexibility index (Phi) is 4.30. The van der Waals surface area contributed by atoms with Crippen molar-refractivity contribution in [1.82, 2.24) is 0 Å². The van der Waals surface area contributed by atoms with Gasteiger partial charge in [0.15, 0.2) is 11.6 Å². The Morgan fingerprint density at radius 3 is 1.76 bits per heavy atom. The Balaban J connectivity index is 2.12. The largest absolute Gasteiger partial charge is 0.294 e. The van der Waals surface area contributed by atoms with E-state index in [4.69, 9.17) is 4.55 Å². The first-order valence-electron chi connectivity index (χ1n) is 6.07. The van der Waals surface area contributed by atoms with E-state index in [2.05, 4.69) is 0 Å². The molecule has 0 aliphatic carbocycles. The van der Waals surface area contributed by atoms with Crippen molar-refractivity contribution in [2.45, 2.75) is 11.3 Å². The van der Waals surface area contributed by atoms with Gasteiger partial charge in [-0.25, -0.2) is 0 Å². The summed E-state index contributed by atoms with van der Waals surface area (Å²) < 4.78 is 30.6. The molecule has 0 fully saturated rings. The summed E-state index contributed by atoms with van der Waals surface area (Å²) in [7, 11) is -4.29. The van der Waals surface area contributed by atoms with Crippen molar-refractivity contribution in [3.8, 4) is 0 Å². The van der Waals surface area contributed by atoms with Crippen LogP contribution in [0.25, 0.3) is 0 Å². The van der Waals surface area contributed by atoms with Crippen molar-refractivity contribution < 1.29 is 22.6 Å². The van der Waals surface area contributed by atoms with Crippen LogP contribution in [0, 0.1) is 0 Å². The van der Waals surface area contributed by atoms with Gasteiger partial charge in [-0.15, -0.1) is 0 Å². The van der Waals surface area contributed by atoms with Crippen LogP contribution in [0.2, 0.25) is 0 Å². The molecule has 0 spiro atoms. The summed E-state index contributed by atoms with van der Waals surface area (Å²) in [6.07, 6.45) is -0.296. The van der Waals surface area contributed by atoms with Crippen LogP contribution < -0.4 is 0 Å². The third kappa shape index (κ3) is 3.84. The molecule has 0 saturated heterocycles. The summed E-state index contributed by atoms with van der Waals surface area (Å²) in [5.41, 5.74) is 0.659. The number of hydrogen-bond acceptors (Lipinski definition) is 4.